The first-order chi connectivity index (χ1) is 15.2. The fraction of sp³-hybridized carbons (Fsp3) is 0.727. The number of ether oxygens (including phenoxy) is 2. The molecule has 0 saturated carbocycles. The lowest BCUT2D eigenvalue weighted by atomic mass is 10.0. The average Bonchev–Trinajstić information content (AvgIpc) is 3.39. The van der Waals surface area contributed by atoms with Gasteiger partial charge in [0, 0.05) is 57.2 Å². The third-order valence-corrected chi connectivity index (χ3v) is 7.71. The summed E-state index contributed by atoms with van der Waals surface area (Å²) in [5.41, 5.74) is 1.75. The largest absolute Gasteiger partial charge is 0.444 e. The highest BCUT2D eigenvalue weighted by Crippen LogP contribution is 2.36. The molecular weight excluding hydrogens is 450 g/mol. The van der Waals surface area contributed by atoms with Crippen molar-refractivity contribution in [1.82, 2.24) is 24.1 Å². The second-order valence-electron chi connectivity index (χ2n) is 10.2. The van der Waals surface area contributed by atoms with Crippen LogP contribution in [0.4, 0.5) is 4.79 Å². The highest BCUT2D eigenvalue weighted by atomic mass is 35.5. The molecule has 3 saturated heterocycles. The van der Waals surface area contributed by atoms with E-state index < -0.39 is 5.60 Å². The number of carbonyl (C=O) groups is 1. The van der Waals surface area contributed by atoms with Crippen LogP contribution < -0.4 is 0 Å². The Kier molecular flexibility index (Phi) is 6.03. The van der Waals surface area contributed by atoms with Crippen molar-refractivity contribution in [2.45, 2.75) is 39.5 Å². The van der Waals surface area contributed by atoms with E-state index >= 15 is 0 Å². The molecule has 1 aromatic rings. The summed E-state index contributed by atoms with van der Waals surface area (Å²) < 4.78 is 12.8. The molecule has 0 bridgehead atoms. The summed E-state index contributed by atoms with van der Waals surface area (Å²) in [5.74, 6) is 1.03. The second kappa shape index (κ2) is 8.66. The molecule has 2 atom stereocenters. The van der Waals surface area contributed by atoms with E-state index in [1.165, 1.54) is 4.88 Å². The molecule has 0 aliphatic carbocycles. The van der Waals surface area contributed by atoms with Crippen LogP contribution in [0.5, 0.6) is 0 Å². The maximum Gasteiger partial charge on any atom is 0.410 e. The number of likely N-dealkylation sites (tertiary alicyclic amines) is 2. The van der Waals surface area contributed by atoms with Crippen molar-refractivity contribution in [3.05, 3.63) is 21.8 Å². The summed E-state index contributed by atoms with van der Waals surface area (Å²) in [6, 6.07) is 0. The molecule has 3 fully saturated rings. The molecule has 2 unspecified atom stereocenters. The molecule has 4 aliphatic rings. The second-order valence-corrected chi connectivity index (χ2v) is 11.8. The Morgan fingerprint density at radius 2 is 1.91 bits per heavy atom. The van der Waals surface area contributed by atoms with Gasteiger partial charge in [-0.3, -0.25) is 9.32 Å². The lowest BCUT2D eigenvalue weighted by molar-refractivity contribution is 0.0274. The molecule has 4 aliphatic heterocycles. The lowest BCUT2D eigenvalue weighted by Gasteiger charge is -2.33. The smallest absolute Gasteiger partial charge is 0.410 e. The van der Waals surface area contributed by atoms with Gasteiger partial charge in [-0.05, 0) is 32.6 Å². The van der Waals surface area contributed by atoms with Crippen LogP contribution in [-0.4, -0.2) is 88.3 Å². The van der Waals surface area contributed by atoms with Gasteiger partial charge >= 0.3 is 6.09 Å². The van der Waals surface area contributed by atoms with Crippen molar-refractivity contribution in [2.24, 2.45) is 11.8 Å². The molecule has 5 heterocycles. The number of aromatic nitrogens is 1. The topological polar surface area (TPSA) is 61.4 Å². The Morgan fingerprint density at radius 1 is 1.22 bits per heavy atom. The van der Waals surface area contributed by atoms with E-state index in [4.69, 9.17) is 26.2 Å². The Labute approximate surface area is 198 Å². The SMILES string of the molecule is CC(C)(C)OC(=O)N1CC2CN(Cc3nc4c(s3)CN(Cl)C=C4N3CCOCC3)CC2C1. The summed E-state index contributed by atoms with van der Waals surface area (Å²) in [7, 11) is 0. The highest BCUT2D eigenvalue weighted by Gasteiger charge is 2.43. The van der Waals surface area contributed by atoms with Gasteiger partial charge in [-0.25, -0.2) is 9.78 Å². The van der Waals surface area contributed by atoms with Gasteiger partial charge in [0.1, 0.15) is 16.3 Å². The monoisotopic (exact) mass is 481 g/mol. The number of nitrogens with zero attached hydrogens (tertiary/aromatic N) is 5. The molecule has 176 valence electrons. The molecule has 5 rings (SSSR count). The number of hydrogen-bond acceptors (Lipinski definition) is 8. The van der Waals surface area contributed by atoms with Crippen LogP contribution in [0.15, 0.2) is 6.20 Å². The van der Waals surface area contributed by atoms with Gasteiger partial charge in [0.2, 0.25) is 0 Å². The fourth-order valence-electron chi connectivity index (χ4n) is 5.07. The van der Waals surface area contributed by atoms with E-state index in [2.05, 4.69) is 9.80 Å². The fourth-order valence-corrected chi connectivity index (χ4v) is 6.48. The summed E-state index contributed by atoms with van der Waals surface area (Å²) >= 11 is 8.18. The molecule has 1 amide bonds. The van der Waals surface area contributed by atoms with Gasteiger partial charge in [0.05, 0.1) is 36.9 Å². The van der Waals surface area contributed by atoms with Gasteiger partial charge in [0.25, 0.3) is 0 Å². The number of rotatable bonds is 3. The lowest BCUT2D eigenvalue weighted by Crippen LogP contribution is -2.37. The molecule has 0 spiro atoms. The van der Waals surface area contributed by atoms with Crippen molar-refractivity contribution in [3.8, 4) is 0 Å². The van der Waals surface area contributed by atoms with Crippen LogP contribution in [0.1, 0.15) is 36.3 Å². The number of amides is 1. The zero-order chi connectivity index (χ0) is 22.5. The van der Waals surface area contributed by atoms with E-state index in [1.54, 1.807) is 15.8 Å². The predicted octanol–water partition coefficient (Wildman–Crippen LogP) is 3.04. The number of fused-ring (bicyclic) bond motifs is 2. The van der Waals surface area contributed by atoms with Crippen LogP contribution in [-0.2, 0) is 22.6 Å². The van der Waals surface area contributed by atoms with E-state index in [1.807, 2.05) is 31.9 Å². The quantitative estimate of drug-likeness (QED) is 0.615. The van der Waals surface area contributed by atoms with Gasteiger partial charge in [-0.1, -0.05) is 0 Å². The van der Waals surface area contributed by atoms with Crippen LogP contribution in [0.2, 0.25) is 0 Å². The standard InChI is InChI=1S/C22H32ClN5O3S/c1-22(2,3)31-21(29)27-10-15-8-25(9-16(15)11-27)14-19-24-20-17(26-4-6-30-7-5-26)12-28(23)13-18(20)32-19/h12,15-16H,4-11,13-14H2,1-3H3. The van der Waals surface area contributed by atoms with Gasteiger partial charge in [0.15, 0.2) is 0 Å². The number of morpholine rings is 1. The van der Waals surface area contributed by atoms with E-state index in [9.17, 15) is 4.79 Å². The van der Waals surface area contributed by atoms with Gasteiger partial charge in [-0.15, -0.1) is 11.3 Å². The predicted molar refractivity (Wildman–Crippen MR) is 124 cm³/mol. The molecular formula is C22H32ClN5O3S. The first-order valence-electron chi connectivity index (χ1n) is 11.4. The molecule has 0 N–H and O–H groups in total. The van der Waals surface area contributed by atoms with Crippen LogP contribution >= 0.6 is 23.1 Å². The van der Waals surface area contributed by atoms with Gasteiger partial charge in [-0.2, -0.15) is 0 Å². The molecule has 10 heteroatoms. The Hall–Kier alpha value is -1.55. The normalized spacial score (nSPS) is 26.2. The molecule has 0 radical (unpaired) electrons. The minimum absolute atomic E-state index is 0.181. The maximum atomic E-state index is 12.4. The van der Waals surface area contributed by atoms with Crippen molar-refractivity contribution in [2.75, 3.05) is 52.5 Å². The summed E-state index contributed by atoms with van der Waals surface area (Å²) in [6.07, 6.45) is 1.82. The minimum atomic E-state index is -0.447. The first-order valence-corrected chi connectivity index (χ1v) is 12.6. The molecule has 32 heavy (non-hydrogen) atoms. The highest BCUT2D eigenvalue weighted by molar-refractivity contribution is 7.11. The Morgan fingerprint density at radius 3 is 2.56 bits per heavy atom. The third-order valence-electron chi connectivity index (χ3n) is 6.47. The van der Waals surface area contributed by atoms with E-state index in [0.717, 1.165) is 75.4 Å². The number of carbonyl (C=O) groups excluding carboxylic acids is 1. The Bertz CT molecular complexity index is 881. The number of halogens is 1. The Balaban J connectivity index is 1.20. The van der Waals surface area contributed by atoms with Crippen LogP contribution in [0.25, 0.3) is 5.70 Å². The molecule has 1 aromatic heterocycles. The zero-order valence-electron chi connectivity index (χ0n) is 19.1. The summed E-state index contributed by atoms with van der Waals surface area (Å²) in [5, 5.41) is 1.14. The van der Waals surface area contributed by atoms with Crippen molar-refractivity contribution in [3.63, 3.8) is 0 Å². The van der Waals surface area contributed by atoms with E-state index in [0.29, 0.717) is 18.4 Å². The number of thiazole rings is 1. The number of hydrogen-bond donors (Lipinski definition) is 0. The summed E-state index contributed by atoms with van der Waals surface area (Å²) in [6.45, 7) is 14.1. The summed E-state index contributed by atoms with van der Waals surface area (Å²) in [4.78, 5) is 25.4. The zero-order valence-corrected chi connectivity index (χ0v) is 20.6. The maximum absolute atomic E-state index is 12.4. The molecule has 8 nitrogen and oxygen atoms in total. The minimum Gasteiger partial charge on any atom is -0.444 e. The van der Waals surface area contributed by atoms with Crippen LogP contribution in [0.3, 0.4) is 0 Å². The van der Waals surface area contributed by atoms with E-state index in [-0.39, 0.29) is 6.09 Å². The third kappa shape index (κ3) is 4.71. The molecule has 0 aromatic carbocycles. The van der Waals surface area contributed by atoms with Crippen molar-refractivity contribution in [1.29, 1.82) is 0 Å². The van der Waals surface area contributed by atoms with Crippen LogP contribution in [0, 0.1) is 11.8 Å². The van der Waals surface area contributed by atoms with Crippen molar-refractivity contribution >= 4 is 34.9 Å². The first kappa shape index (κ1) is 22.3. The average molecular weight is 482 g/mol. The van der Waals surface area contributed by atoms with Crippen molar-refractivity contribution < 1.29 is 14.3 Å². The van der Waals surface area contributed by atoms with Gasteiger partial charge < -0.3 is 19.3 Å².